The molecule has 4 nitrogen and oxygen atoms in total. The summed E-state index contributed by atoms with van der Waals surface area (Å²) in [6.45, 7) is 3.96. The Balaban J connectivity index is 3.13. The molecule has 0 atom stereocenters. The molecule has 0 aliphatic heterocycles. The van der Waals surface area contributed by atoms with E-state index in [1.54, 1.807) is 7.11 Å². The summed E-state index contributed by atoms with van der Waals surface area (Å²) in [6, 6.07) is 5.58. The number of nitrogens with one attached hydrogen (secondary N) is 1. The van der Waals surface area contributed by atoms with Gasteiger partial charge in [0.15, 0.2) is 11.5 Å². The Bertz CT molecular complexity index is 472. The van der Waals surface area contributed by atoms with Crippen molar-refractivity contribution in [1.29, 1.82) is 0 Å². The van der Waals surface area contributed by atoms with Crippen LogP contribution in [0.25, 0.3) is 5.70 Å². The van der Waals surface area contributed by atoms with Crippen LogP contribution in [0.2, 0.25) is 0 Å². The van der Waals surface area contributed by atoms with Gasteiger partial charge in [-0.05, 0) is 36.8 Å². The molecule has 1 rings (SSSR count). The maximum atomic E-state index is 11.2. The number of rotatable bonds is 6. The molecule has 0 heterocycles. The van der Waals surface area contributed by atoms with E-state index in [0.29, 0.717) is 18.1 Å². The molecule has 1 aromatic carbocycles. The fourth-order valence-electron chi connectivity index (χ4n) is 1.59. The lowest BCUT2D eigenvalue weighted by Gasteiger charge is -2.13. The van der Waals surface area contributed by atoms with Gasteiger partial charge in [0.25, 0.3) is 0 Å². The molecule has 0 spiro atoms. The zero-order valence-corrected chi connectivity index (χ0v) is 12.5. The van der Waals surface area contributed by atoms with Gasteiger partial charge in [-0.1, -0.05) is 0 Å². The van der Waals surface area contributed by atoms with Crippen molar-refractivity contribution in [3.05, 3.63) is 29.2 Å². The molecular formula is C14H19NO3S. The van der Waals surface area contributed by atoms with Crippen LogP contribution in [-0.2, 0) is 4.79 Å². The summed E-state index contributed by atoms with van der Waals surface area (Å²) in [5, 5.41) is 4.70. The lowest BCUT2D eigenvalue weighted by molar-refractivity contribution is -0.117. The van der Waals surface area contributed by atoms with Gasteiger partial charge >= 0.3 is 0 Å². The zero-order valence-electron chi connectivity index (χ0n) is 11.6. The standard InChI is InChI=1S/C14H19NO3S/c1-5-18-14-8-11(6-7-13(14)17-3)12(9-19-4)15-10(2)16/h6-9H,5H2,1-4H3,(H,15,16). The number of hydrogen-bond donors (Lipinski definition) is 1. The monoisotopic (exact) mass is 281 g/mol. The molecule has 19 heavy (non-hydrogen) atoms. The van der Waals surface area contributed by atoms with Gasteiger partial charge in [-0.2, -0.15) is 0 Å². The van der Waals surface area contributed by atoms with Crippen LogP contribution in [0.1, 0.15) is 19.4 Å². The van der Waals surface area contributed by atoms with Gasteiger partial charge in [0.05, 0.1) is 19.4 Å². The Hall–Kier alpha value is -1.62. The molecule has 1 amide bonds. The largest absolute Gasteiger partial charge is 0.493 e. The highest BCUT2D eigenvalue weighted by Gasteiger charge is 2.09. The molecule has 5 heteroatoms. The molecule has 0 bridgehead atoms. The third-order valence-corrected chi connectivity index (χ3v) is 2.79. The minimum absolute atomic E-state index is 0.103. The average Bonchev–Trinajstić information content (AvgIpc) is 2.38. The van der Waals surface area contributed by atoms with E-state index in [1.165, 1.54) is 18.7 Å². The molecule has 0 unspecified atom stereocenters. The number of ether oxygens (including phenoxy) is 2. The predicted molar refractivity (Wildman–Crippen MR) is 79.5 cm³/mol. The summed E-state index contributed by atoms with van der Waals surface area (Å²) >= 11 is 1.53. The molecule has 0 aliphatic rings. The second kappa shape index (κ2) is 7.74. The number of hydrogen-bond acceptors (Lipinski definition) is 4. The number of benzene rings is 1. The van der Waals surface area contributed by atoms with E-state index in [0.717, 1.165) is 11.3 Å². The van der Waals surface area contributed by atoms with Crippen molar-refractivity contribution in [3.63, 3.8) is 0 Å². The summed E-state index contributed by atoms with van der Waals surface area (Å²) in [4.78, 5) is 11.2. The number of methoxy groups -OCH3 is 1. The average molecular weight is 281 g/mol. The molecule has 0 aromatic heterocycles. The SMILES string of the molecule is CCOc1cc(C(=CSC)NC(C)=O)ccc1OC. The van der Waals surface area contributed by atoms with E-state index in [2.05, 4.69) is 5.32 Å². The van der Waals surface area contributed by atoms with E-state index in [1.807, 2.05) is 36.8 Å². The first-order valence-electron chi connectivity index (χ1n) is 5.94. The Morgan fingerprint density at radius 2 is 2.16 bits per heavy atom. The molecule has 1 aromatic rings. The fourth-order valence-corrected chi connectivity index (χ4v) is 2.02. The van der Waals surface area contributed by atoms with E-state index < -0.39 is 0 Å². The van der Waals surface area contributed by atoms with Crippen LogP contribution in [0, 0.1) is 0 Å². The Kier molecular flexibility index (Phi) is 6.29. The quantitative estimate of drug-likeness (QED) is 0.871. The van der Waals surface area contributed by atoms with Crippen LogP contribution in [-0.4, -0.2) is 25.9 Å². The molecule has 0 aliphatic carbocycles. The normalized spacial score (nSPS) is 11.1. The van der Waals surface area contributed by atoms with Gasteiger partial charge < -0.3 is 14.8 Å². The van der Waals surface area contributed by atoms with Crippen LogP contribution < -0.4 is 14.8 Å². The van der Waals surface area contributed by atoms with Gasteiger partial charge in [0.2, 0.25) is 5.91 Å². The highest BCUT2D eigenvalue weighted by atomic mass is 32.2. The lowest BCUT2D eigenvalue weighted by atomic mass is 10.1. The number of thioether (sulfide) groups is 1. The second-order valence-corrected chi connectivity index (χ2v) is 4.45. The van der Waals surface area contributed by atoms with Crippen LogP contribution in [0.15, 0.2) is 23.6 Å². The summed E-state index contributed by atoms with van der Waals surface area (Å²) in [5.74, 6) is 1.24. The lowest BCUT2D eigenvalue weighted by Crippen LogP contribution is -2.17. The summed E-state index contributed by atoms with van der Waals surface area (Å²) in [7, 11) is 1.60. The number of amides is 1. The predicted octanol–water partition coefficient (Wildman–Crippen LogP) is 2.89. The second-order valence-electron chi connectivity index (χ2n) is 3.75. The van der Waals surface area contributed by atoms with Crippen molar-refractivity contribution < 1.29 is 14.3 Å². The van der Waals surface area contributed by atoms with Crippen LogP contribution in [0.5, 0.6) is 11.5 Å². The van der Waals surface area contributed by atoms with Gasteiger partial charge in [0.1, 0.15) is 0 Å². The highest BCUT2D eigenvalue weighted by molar-refractivity contribution is 8.01. The third-order valence-electron chi connectivity index (χ3n) is 2.32. The minimum atomic E-state index is -0.103. The Morgan fingerprint density at radius 1 is 1.42 bits per heavy atom. The molecule has 0 saturated carbocycles. The Labute approximate surface area is 118 Å². The first-order chi connectivity index (χ1) is 9.12. The molecule has 0 radical (unpaired) electrons. The maximum absolute atomic E-state index is 11.2. The van der Waals surface area contributed by atoms with E-state index >= 15 is 0 Å². The Morgan fingerprint density at radius 3 is 2.68 bits per heavy atom. The molecule has 0 saturated heterocycles. The first-order valence-corrected chi connectivity index (χ1v) is 7.22. The topological polar surface area (TPSA) is 47.6 Å². The van der Waals surface area contributed by atoms with Crippen molar-refractivity contribution in [2.75, 3.05) is 20.0 Å². The van der Waals surface area contributed by atoms with E-state index in [4.69, 9.17) is 9.47 Å². The van der Waals surface area contributed by atoms with Crippen molar-refractivity contribution in [2.45, 2.75) is 13.8 Å². The van der Waals surface area contributed by atoms with Gasteiger partial charge in [-0.15, -0.1) is 11.8 Å². The van der Waals surface area contributed by atoms with Crippen molar-refractivity contribution in [2.24, 2.45) is 0 Å². The van der Waals surface area contributed by atoms with Gasteiger partial charge in [-0.25, -0.2) is 0 Å². The van der Waals surface area contributed by atoms with Crippen LogP contribution in [0.3, 0.4) is 0 Å². The summed E-state index contributed by atoms with van der Waals surface area (Å²) < 4.78 is 10.8. The minimum Gasteiger partial charge on any atom is -0.493 e. The number of carbonyl (C=O) groups is 1. The summed E-state index contributed by atoms with van der Waals surface area (Å²) in [6.07, 6.45) is 1.94. The maximum Gasteiger partial charge on any atom is 0.221 e. The molecule has 104 valence electrons. The first kappa shape index (κ1) is 15.4. The van der Waals surface area contributed by atoms with Crippen molar-refractivity contribution in [1.82, 2.24) is 5.32 Å². The third kappa shape index (κ3) is 4.52. The van der Waals surface area contributed by atoms with Crippen LogP contribution in [0.4, 0.5) is 0 Å². The number of carbonyl (C=O) groups excluding carboxylic acids is 1. The smallest absolute Gasteiger partial charge is 0.221 e. The van der Waals surface area contributed by atoms with Crippen molar-refractivity contribution >= 4 is 23.4 Å². The molecule has 1 N–H and O–H groups in total. The molecular weight excluding hydrogens is 262 g/mol. The van der Waals surface area contributed by atoms with Crippen LogP contribution >= 0.6 is 11.8 Å². The summed E-state index contributed by atoms with van der Waals surface area (Å²) in [5.41, 5.74) is 1.64. The fraction of sp³-hybridized carbons (Fsp3) is 0.357. The molecule has 0 fully saturated rings. The van der Waals surface area contributed by atoms with Gasteiger partial charge in [0, 0.05) is 12.5 Å². The van der Waals surface area contributed by atoms with E-state index in [9.17, 15) is 4.79 Å². The van der Waals surface area contributed by atoms with Gasteiger partial charge in [-0.3, -0.25) is 4.79 Å². The zero-order chi connectivity index (χ0) is 14.3. The van der Waals surface area contributed by atoms with Crippen molar-refractivity contribution in [3.8, 4) is 11.5 Å². The van der Waals surface area contributed by atoms with E-state index in [-0.39, 0.29) is 5.91 Å². The highest BCUT2D eigenvalue weighted by Crippen LogP contribution is 2.30.